The van der Waals surface area contributed by atoms with Crippen LogP contribution in [0.2, 0.25) is 0 Å². The first-order valence-electron chi connectivity index (χ1n) is 8.72. The molecule has 7 heteroatoms. The van der Waals surface area contributed by atoms with E-state index in [0.717, 1.165) is 0 Å². The molecule has 0 aromatic heterocycles. The Morgan fingerprint density at radius 3 is 1.31 bits per heavy atom. The van der Waals surface area contributed by atoms with Gasteiger partial charge in [-0.15, -0.1) is 0 Å². The molecule has 2 fully saturated rings. The van der Waals surface area contributed by atoms with Crippen molar-refractivity contribution < 1.29 is 37.8 Å². The quantitative estimate of drug-likeness (QED) is 0.657. The van der Waals surface area contributed by atoms with Gasteiger partial charge in [-0.25, -0.2) is 0 Å². The molecular formula is C19H27ClN2O4+2. The average Bonchev–Trinajstić information content (AvgIpc) is 3.10. The van der Waals surface area contributed by atoms with Crippen LogP contribution in [0.3, 0.4) is 0 Å². The van der Waals surface area contributed by atoms with E-state index in [0.29, 0.717) is 0 Å². The second-order valence-corrected chi connectivity index (χ2v) is 8.31. The summed E-state index contributed by atoms with van der Waals surface area (Å²) in [6, 6.07) is 22.1. The van der Waals surface area contributed by atoms with Gasteiger partial charge in [0.2, 0.25) is 6.67 Å². The molecule has 0 amide bonds. The minimum Gasteiger partial charge on any atom is -0.264 e. The molecule has 0 aliphatic carbocycles. The second-order valence-electron chi connectivity index (χ2n) is 7.44. The number of hydrogen-bond donors (Lipinski definition) is 3. The van der Waals surface area contributed by atoms with E-state index in [-0.39, 0.29) is 0 Å². The molecule has 0 radical (unpaired) electrons. The number of quaternary nitrogens is 2. The molecule has 2 heterocycles. The molecule has 6 nitrogen and oxygen atoms in total. The van der Waals surface area contributed by atoms with Crippen molar-refractivity contribution in [2.75, 3.05) is 32.8 Å². The summed E-state index contributed by atoms with van der Waals surface area (Å²) >= 11 is 0. The summed E-state index contributed by atoms with van der Waals surface area (Å²) < 4.78 is 32.8. The van der Waals surface area contributed by atoms with Gasteiger partial charge < -0.3 is 0 Å². The number of fused-ring (bicyclic) bond motifs is 2. The largest absolute Gasteiger partial charge is 0.264 e. The molecule has 2 aliphatic heterocycles. The first-order valence-corrected chi connectivity index (χ1v) is 10.0. The first kappa shape index (κ1) is 19.3. The maximum atomic E-state index is 8.83. The number of hydrogen-bond acceptors (Lipinski definition) is 4. The van der Waals surface area contributed by atoms with Gasteiger partial charge in [0.1, 0.15) is 39.3 Å². The van der Waals surface area contributed by atoms with E-state index >= 15 is 0 Å². The molecule has 0 atom stereocenters. The molecule has 26 heavy (non-hydrogen) atoms. The number of piperazine rings is 1. The summed E-state index contributed by atoms with van der Waals surface area (Å²) in [5.74, 6) is 0. The SMILES string of the molecule is [O-][Cl+](O)(O)O.c1ccc(C[N+]23CC[N+](Cc4ccccc4)(CC2)C3)cc1. The Bertz CT molecular complexity index is 637. The molecule has 3 N–H and O–H groups in total. The first-order chi connectivity index (χ1) is 12.3. The van der Waals surface area contributed by atoms with Crippen LogP contribution in [0.1, 0.15) is 11.1 Å². The van der Waals surface area contributed by atoms with Crippen LogP contribution in [0.15, 0.2) is 60.7 Å². The van der Waals surface area contributed by atoms with Crippen LogP contribution in [0.5, 0.6) is 0 Å². The third-order valence-electron chi connectivity index (χ3n) is 5.42. The maximum Gasteiger partial charge on any atom is 0.208 e. The fourth-order valence-electron chi connectivity index (χ4n) is 4.35. The van der Waals surface area contributed by atoms with E-state index in [1.54, 1.807) is 0 Å². The Morgan fingerprint density at radius 2 is 1.00 bits per heavy atom. The zero-order valence-electron chi connectivity index (χ0n) is 14.7. The zero-order chi connectivity index (χ0) is 18.7. The van der Waals surface area contributed by atoms with Crippen LogP contribution in [-0.2, 0) is 13.1 Å². The third-order valence-corrected chi connectivity index (χ3v) is 5.42. The molecule has 0 saturated carbocycles. The van der Waals surface area contributed by atoms with Crippen molar-refractivity contribution >= 4 is 0 Å². The van der Waals surface area contributed by atoms with E-state index in [1.165, 1.54) is 66.0 Å². The van der Waals surface area contributed by atoms with Gasteiger partial charge in [0.25, 0.3) is 0 Å². The Kier molecular flexibility index (Phi) is 5.64. The number of halogens is 1. The van der Waals surface area contributed by atoms with Crippen molar-refractivity contribution in [2.45, 2.75) is 13.1 Å². The Labute approximate surface area is 156 Å². The minimum absolute atomic E-state index is 1.22. The molecule has 2 aromatic rings. The summed E-state index contributed by atoms with van der Waals surface area (Å²) in [7, 11) is -4.19. The molecule has 0 unspecified atom stereocenters. The molecular weight excluding hydrogens is 356 g/mol. The summed E-state index contributed by atoms with van der Waals surface area (Å²) in [5, 5.41) is 0. The average molecular weight is 383 g/mol. The van der Waals surface area contributed by atoms with Gasteiger partial charge in [-0.3, -0.25) is 8.97 Å². The van der Waals surface area contributed by atoms with Crippen molar-refractivity contribution in [1.29, 1.82) is 0 Å². The second kappa shape index (κ2) is 7.62. The van der Waals surface area contributed by atoms with Crippen LogP contribution in [0, 0.1) is 10.2 Å². The van der Waals surface area contributed by atoms with Crippen LogP contribution >= 0.6 is 0 Å². The number of rotatable bonds is 4. The predicted molar refractivity (Wildman–Crippen MR) is 91.8 cm³/mol. The van der Waals surface area contributed by atoms with Gasteiger partial charge in [-0.05, 0) is 0 Å². The standard InChI is InChI=1S/C19H24N2.ClH3O4/c1-3-7-18(8-4-1)15-20-11-13-21(17-20,14-12-20)16-19-9-5-2-6-10-19;2-1(3,4)5/h1-10H,11-17H2;2-4H/q+2;. The summed E-state index contributed by atoms with van der Waals surface area (Å²) in [6.45, 7) is 9.15. The smallest absolute Gasteiger partial charge is 0.208 e. The van der Waals surface area contributed by atoms with Crippen LogP contribution in [0.4, 0.5) is 0 Å². The zero-order valence-corrected chi connectivity index (χ0v) is 15.5. The number of benzene rings is 2. The monoisotopic (exact) mass is 382 g/mol. The molecule has 2 aromatic carbocycles. The normalized spacial score (nSPS) is 27.7. The van der Waals surface area contributed by atoms with Gasteiger partial charge in [0.05, 0.1) is 0 Å². The fraction of sp³-hybridized carbons (Fsp3) is 0.368. The van der Waals surface area contributed by atoms with Crippen molar-refractivity contribution in [3.05, 3.63) is 71.8 Å². The van der Waals surface area contributed by atoms with Crippen LogP contribution < -0.4 is 4.66 Å². The van der Waals surface area contributed by atoms with Gasteiger partial charge in [0, 0.05) is 11.1 Å². The molecule has 4 rings (SSSR count). The Morgan fingerprint density at radius 1 is 0.692 bits per heavy atom. The van der Waals surface area contributed by atoms with Crippen molar-refractivity contribution in [3.8, 4) is 0 Å². The van der Waals surface area contributed by atoms with Gasteiger partial charge in [0.15, 0.2) is 0 Å². The number of nitrogens with zero attached hydrogens (tertiary/aromatic N) is 2. The topological polar surface area (TPSA) is 83.8 Å². The predicted octanol–water partition coefficient (Wildman–Crippen LogP) is 0.145. The van der Waals surface area contributed by atoms with Gasteiger partial charge in [-0.2, -0.15) is 0 Å². The fourth-order valence-corrected chi connectivity index (χ4v) is 4.35. The van der Waals surface area contributed by atoms with E-state index in [9.17, 15) is 0 Å². The summed E-state index contributed by atoms with van der Waals surface area (Å²) in [4.78, 5) is 0. The summed E-state index contributed by atoms with van der Waals surface area (Å²) in [5.41, 5.74) is 3.00. The van der Waals surface area contributed by atoms with Crippen LogP contribution in [-0.4, -0.2) is 55.8 Å². The Balaban J connectivity index is 0.000000349. The van der Waals surface area contributed by atoms with Gasteiger partial charge in [-0.1, -0.05) is 60.7 Å². The van der Waals surface area contributed by atoms with Gasteiger partial charge >= 0.3 is 28.9 Å². The minimum atomic E-state index is -4.19. The van der Waals surface area contributed by atoms with Crippen molar-refractivity contribution in [2.24, 2.45) is 0 Å². The Hall–Kier alpha value is -1.51. The maximum absolute atomic E-state index is 8.83. The third kappa shape index (κ3) is 5.25. The van der Waals surface area contributed by atoms with E-state index in [1.807, 2.05) is 0 Å². The molecule has 2 saturated heterocycles. The van der Waals surface area contributed by atoms with E-state index < -0.39 is 10.2 Å². The molecule has 2 aliphatic rings. The molecule has 0 spiro atoms. The molecule has 2 bridgehead atoms. The van der Waals surface area contributed by atoms with E-state index in [4.69, 9.17) is 18.6 Å². The molecule has 142 valence electrons. The van der Waals surface area contributed by atoms with Crippen molar-refractivity contribution in [1.82, 2.24) is 0 Å². The van der Waals surface area contributed by atoms with Crippen LogP contribution in [0.25, 0.3) is 0 Å². The van der Waals surface area contributed by atoms with E-state index in [2.05, 4.69) is 60.7 Å². The van der Waals surface area contributed by atoms with Crippen molar-refractivity contribution in [3.63, 3.8) is 0 Å². The summed E-state index contributed by atoms with van der Waals surface area (Å²) in [6.07, 6.45) is 0.